The van der Waals surface area contributed by atoms with Crippen molar-refractivity contribution in [2.45, 2.75) is 19.0 Å². The second-order valence-electron chi connectivity index (χ2n) is 7.93. The van der Waals surface area contributed by atoms with Gasteiger partial charge in [-0.3, -0.25) is 24.3 Å². The molecule has 1 amide bonds. The fourth-order valence-electron chi connectivity index (χ4n) is 4.12. The summed E-state index contributed by atoms with van der Waals surface area (Å²) in [6, 6.07) is 11.9. The minimum Gasteiger partial charge on any atom is -0.331 e. The molecule has 1 aromatic carbocycles. The number of aromatic nitrogens is 4. The van der Waals surface area contributed by atoms with E-state index in [0.717, 1.165) is 53.5 Å². The largest absolute Gasteiger partial charge is 0.331 e. The van der Waals surface area contributed by atoms with E-state index in [1.165, 1.54) is 0 Å². The third-order valence-electron chi connectivity index (χ3n) is 5.78. The fraction of sp³-hybridized carbons (Fsp3) is 0.250. The van der Waals surface area contributed by atoms with Gasteiger partial charge in [0.1, 0.15) is 6.17 Å². The van der Waals surface area contributed by atoms with Gasteiger partial charge in [0.2, 0.25) is 0 Å². The predicted octanol–water partition coefficient (Wildman–Crippen LogP) is 3.55. The maximum Gasteiger partial charge on any atom is 0.252 e. The van der Waals surface area contributed by atoms with Crippen LogP contribution in [-0.4, -0.2) is 43.6 Å². The van der Waals surface area contributed by atoms with Crippen molar-refractivity contribution < 1.29 is 4.79 Å². The lowest BCUT2D eigenvalue weighted by Crippen LogP contribution is -2.40. The maximum absolute atomic E-state index is 12.9. The molecule has 1 aliphatic heterocycles. The van der Waals surface area contributed by atoms with Crippen molar-refractivity contribution in [1.82, 2.24) is 30.0 Å². The molecule has 0 bridgehead atoms. The summed E-state index contributed by atoms with van der Waals surface area (Å²) in [7, 11) is 1.92. The van der Waals surface area contributed by atoms with Gasteiger partial charge in [0, 0.05) is 61.4 Å². The maximum atomic E-state index is 12.9. The van der Waals surface area contributed by atoms with E-state index in [-0.39, 0.29) is 12.1 Å². The van der Waals surface area contributed by atoms with Gasteiger partial charge in [-0.15, -0.1) is 0 Å². The highest BCUT2D eigenvalue weighted by molar-refractivity contribution is 5.94. The molecule has 1 saturated heterocycles. The normalized spacial score (nSPS) is 15.3. The van der Waals surface area contributed by atoms with Crippen LogP contribution in [0.2, 0.25) is 0 Å². The smallest absolute Gasteiger partial charge is 0.252 e. The standard InChI is InChI=1S/C24H24N6O/c1-29-16-21(15-27-29)18-4-5-19-14-26-22(13-20(19)12-18)23(30-10-2-3-11-30)28-24(31)17-6-8-25-9-7-17/h4-9,12-16,23H,2-3,10-11H2,1H3,(H,28,31). The highest BCUT2D eigenvalue weighted by Gasteiger charge is 2.26. The minimum absolute atomic E-state index is 0.120. The number of nitrogens with zero attached hydrogens (tertiary/aromatic N) is 5. The molecule has 1 aliphatic rings. The van der Waals surface area contributed by atoms with Crippen LogP contribution in [0, 0.1) is 0 Å². The second-order valence-corrected chi connectivity index (χ2v) is 7.93. The van der Waals surface area contributed by atoms with Crippen LogP contribution in [0.3, 0.4) is 0 Å². The number of carbonyl (C=O) groups excluding carboxylic acids is 1. The van der Waals surface area contributed by atoms with E-state index in [9.17, 15) is 4.79 Å². The molecule has 1 unspecified atom stereocenters. The van der Waals surface area contributed by atoms with E-state index in [0.29, 0.717) is 5.56 Å². The van der Waals surface area contributed by atoms with Crippen LogP contribution >= 0.6 is 0 Å². The molecular formula is C24H24N6O. The van der Waals surface area contributed by atoms with Gasteiger partial charge in [-0.25, -0.2) is 0 Å². The topological polar surface area (TPSA) is 75.9 Å². The highest BCUT2D eigenvalue weighted by atomic mass is 16.1. The summed E-state index contributed by atoms with van der Waals surface area (Å²) in [5.74, 6) is -0.120. The molecule has 1 N–H and O–H groups in total. The Bertz CT molecular complexity index is 1210. The van der Waals surface area contributed by atoms with Crippen molar-refractivity contribution in [1.29, 1.82) is 0 Å². The molecule has 0 radical (unpaired) electrons. The summed E-state index contributed by atoms with van der Waals surface area (Å²) >= 11 is 0. The summed E-state index contributed by atoms with van der Waals surface area (Å²) in [6.07, 6.45) is 11.0. The summed E-state index contributed by atoms with van der Waals surface area (Å²) in [6.45, 7) is 1.88. The highest BCUT2D eigenvalue weighted by Crippen LogP contribution is 2.28. The van der Waals surface area contributed by atoms with Gasteiger partial charge >= 0.3 is 0 Å². The number of pyridine rings is 2. The zero-order valence-corrected chi connectivity index (χ0v) is 17.4. The number of likely N-dealkylation sites (tertiary alicyclic amines) is 1. The van der Waals surface area contributed by atoms with Gasteiger partial charge in [0.05, 0.1) is 11.9 Å². The molecule has 5 rings (SSSR count). The molecule has 1 fully saturated rings. The number of benzene rings is 1. The van der Waals surface area contributed by atoms with E-state index in [2.05, 4.69) is 44.6 Å². The Balaban J connectivity index is 1.50. The van der Waals surface area contributed by atoms with Crippen LogP contribution < -0.4 is 5.32 Å². The Morgan fingerprint density at radius 2 is 1.81 bits per heavy atom. The average Bonchev–Trinajstić information content (AvgIpc) is 3.49. The molecule has 3 aromatic heterocycles. The zero-order chi connectivity index (χ0) is 21.2. The molecule has 0 spiro atoms. The summed E-state index contributed by atoms with van der Waals surface area (Å²) in [5, 5.41) is 9.63. The van der Waals surface area contributed by atoms with Gasteiger partial charge in [0.15, 0.2) is 0 Å². The molecule has 7 nitrogen and oxygen atoms in total. The van der Waals surface area contributed by atoms with Crippen LogP contribution in [0.1, 0.15) is 35.1 Å². The number of fused-ring (bicyclic) bond motifs is 1. The van der Waals surface area contributed by atoms with Gasteiger partial charge < -0.3 is 5.32 Å². The molecule has 1 atom stereocenters. The number of rotatable bonds is 5. The molecule has 4 aromatic rings. The van der Waals surface area contributed by atoms with Crippen LogP contribution in [-0.2, 0) is 7.05 Å². The van der Waals surface area contributed by atoms with Gasteiger partial charge in [-0.2, -0.15) is 5.10 Å². The molecular weight excluding hydrogens is 388 g/mol. The third-order valence-corrected chi connectivity index (χ3v) is 5.78. The van der Waals surface area contributed by atoms with Gasteiger partial charge in [-0.05, 0) is 48.1 Å². The lowest BCUT2D eigenvalue weighted by atomic mass is 10.0. The molecule has 4 heterocycles. The van der Waals surface area contributed by atoms with Crippen LogP contribution in [0.4, 0.5) is 0 Å². The quantitative estimate of drug-likeness (QED) is 0.542. The van der Waals surface area contributed by atoms with Crippen LogP contribution in [0.5, 0.6) is 0 Å². The van der Waals surface area contributed by atoms with Crippen LogP contribution in [0.25, 0.3) is 21.9 Å². The van der Waals surface area contributed by atoms with E-state index in [1.54, 1.807) is 29.2 Å². The fourth-order valence-corrected chi connectivity index (χ4v) is 4.12. The number of hydrogen-bond donors (Lipinski definition) is 1. The molecule has 7 heteroatoms. The minimum atomic E-state index is -0.269. The van der Waals surface area contributed by atoms with Crippen molar-refractivity contribution in [3.8, 4) is 11.1 Å². The Hall–Kier alpha value is -3.58. The van der Waals surface area contributed by atoms with Crippen LogP contribution in [0.15, 0.2) is 67.4 Å². The summed E-state index contributed by atoms with van der Waals surface area (Å²) in [4.78, 5) is 23.9. The summed E-state index contributed by atoms with van der Waals surface area (Å²) < 4.78 is 1.80. The first-order valence-electron chi connectivity index (χ1n) is 10.5. The van der Waals surface area contributed by atoms with Gasteiger partial charge in [0.25, 0.3) is 5.91 Å². The van der Waals surface area contributed by atoms with Crippen molar-refractivity contribution in [3.63, 3.8) is 0 Å². The summed E-state index contributed by atoms with van der Waals surface area (Å²) in [5.41, 5.74) is 3.63. The Kier molecular flexibility index (Phi) is 5.18. The number of aryl methyl sites for hydroxylation is 1. The van der Waals surface area contributed by atoms with Crippen molar-refractivity contribution in [2.24, 2.45) is 7.05 Å². The molecule has 0 aliphatic carbocycles. The number of amides is 1. The Labute approximate surface area is 180 Å². The molecule has 0 saturated carbocycles. The number of hydrogen-bond acceptors (Lipinski definition) is 5. The molecule has 156 valence electrons. The van der Waals surface area contributed by atoms with E-state index >= 15 is 0 Å². The van der Waals surface area contributed by atoms with Gasteiger partial charge in [-0.1, -0.05) is 12.1 Å². The first-order valence-corrected chi connectivity index (χ1v) is 10.5. The van der Waals surface area contributed by atoms with E-state index < -0.39 is 0 Å². The first-order chi connectivity index (χ1) is 15.2. The second kappa shape index (κ2) is 8.28. The lowest BCUT2D eigenvalue weighted by Gasteiger charge is -2.28. The zero-order valence-electron chi connectivity index (χ0n) is 17.4. The Morgan fingerprint density at radius 1 is 1.00 bits per heavy atom. The lowest BCUT2D eigenvalue weighted by molar-refractivity contribution is 0.0868. The molecule has 31 heavy (non-hydrogen) atoms. The number of nitrogens with one attached hydrogen (secondary N) is 1. The predicted molar refractivity (Wildman–Crippen MR) is 119 cm³/mol. The van der Waals surface area contributed by atoms with E-state index in [1.807, 2.05) is 25.6 Å². The Morgan fingerprint density at radius 3 is 2.55 bits per heavy atom. The van der Waals surface area contributed by atoms with Crippen molar-refractivity contribution in [3.05, 3.63) is 78.6 Å². The monoisotopic (exact) mass is 412 g/mol. The van der Waals surface area contributed by atoms with Crippen molar-refractivity contribution in [2.75, 3.05) is 13.1 Å². The average molecular weight is 412 g/mol. The first kappa shape index (κ1) is 19.4. The number of carbonyl (C=O) groups is 1. The van der Waals surface area contributed by atoms with E-state index in [4.69, 9.17) is 4.98 Å². The third kappa shape index (κ3) is 4.04. The van der Waals surface area contributed by atoms with Crippen molar-refractivity contribution >= 4 is 16.7 Å². The SMILES string of the molecule is Cn1cc(-c2ccc3cnc(C(NC(=O)c4ccncc4)N4CCCC4)cc3c2)cn1.